The van der Waals surface area contributed by atoms with Crippen LogP contribution in [0.4, 0.5) is 5.69 Å². The number of nitrogens with zero attached hydrogens (tertiary/aromatic N) is 2. The standard InChI is InChI=1S/C13H19N3O.ClH/c1-15(2)12-5-3-11(4-6-12)13(17)16-9-7-14-8-10-16;/h3-6,14H,7-10H2,1-2H3;1H. The number of amides is 1. The fraction of sp³-hybridized carbons (Fsp3) is 0.462. The van der Waals surface area contributed by atoms with E-state index in [1.807, 2.05) is 48.2 Å². The Hall–Kier alpha value is -1.26. The average molecular weight is 270 g/mol. The highest BCUT2D eigenvalue weighted by Gasteiger charge is 2.17. The molecule has 0 bridgehead atoms. The molecule has 0 atom stereocenters. The van der Waals surface area contributed by atoms with Gasteiger partial charge in [-0.25, -0.2) is 0 Å². The molecule has 1 aliphatic heterocycles. The van der Waals surface area contributed by atoms with Crippen LogP contribution in [0.15, 0.2) is 24.3 Å². The molecular formula is C13H20ClN3O. The van der Waals surface area contributed by atoms with Gasteiger partial charge in [0.2, 0.25) is 0 Å². The van der Waals surface area contributed by atoms with Crippen molar-refractivity contribution < 1.29 is 4.79 Å². The normalized spacial score (nSPS) is 14.9. The first kappa shape index (κ1) is 14.8. The fourth-order valence-corrected chi connectivity index (χ4v) is 1.95. The van der Waals surface area contributed by atoms with E-state index >= 15 is 0 Å². The highest BCUT2D eigenvalue weighted by molar-refractivity contribution is 5.94. The fourth-order valence-electron chi connectivity index (χ4n) is 1.95. The van der Waals surface area contributed by atoms with Gasteiger partial charge in [-0.3, -0.25) is 4.79 Å². The molecule has 1 aromatic rings. The molecule has 0 saturated carbocycles. The number of carbonyl (C=O) groups is 1. The second-order valence-electron chi connectivity index (χ2n) is 4.48. The zero-order chi connectivity index (χ0) is 12.3. The average Bonchev–Trinajstić information content (AvgIpc) is 2.39. The monoisotopic (exact) mass is 269 g/mol. The Kier molecular flexibility index (Phi) is 5.44. The van der Waals surface area contributed by atoms with E-state index in [9.17, 15) is 4.79 Å². The zero-order valence-corrected chi connectivity index (χ0v) is 11.7. The number of anilines is 1. The van der Waals surface area contributed by atoms with Gasteiger partial charge < -0.3 is 15.1 Å². The molecule has 100 valence electrons. The zero-order valence-electron chi connectivity index (χ0n) is 10.8. The molecule has 1 saturated heterocycles. The summed E-state index contributed by atoms with van der Waals surface area (Å²) in [4.78, 5) is 16.1. The lowest BCUT2D eigenvalue weighted by molar-refractivity contribution is 0.0736. The van der Waals surface area contributed by atoms with Crippen molar-refractivity contribution in [3.63, 3.8) is 0 Å². The molecule has 0 unspecified atom stereocenters. The summed E-state index contributed by atoms with van der Waals surface area (Å²) in [6.45, 7) is 3.38. The van der Waals surface area contributed by atoms with E-state index in [-0.39, 0.29) is 18.3 Å². The molecule has 1 heterocycles. The molecule has 1 aliphatic rings. The third-order valence-corrected chi connectivity index (χ3v) is 3.03. The Morgan fingerprint density at radius 1 is 1.17 bits per heavy atom. The van der Waals surface area contributed by atoms with Gasteiger partial charge in [0.05, 0.1) is 0 Å². The minimum Gasteiger partial charge on any atom is -0.378 e. The van der Waals surface area contributed by atoms with E-state index in [0.29, 0.717) is 0 Å². The molecule has 4 nitrogen and oxygen atoms in total. The Bertz CT molecular complexity index is 386. The molecule has 18 heavy (non-hydrogen) atoms. The van der Waals surface area contributed by atoms with Crippen LogP contribution in [0.1, 0.15) is 10.4 Å². The predicted molar refractivity (Wildman–Crippen MR) is 76.8 cm³/mol. The first-order chi connectivity index (χ1) is 8.18. The lowest BCUT2D eigenvalue weighted by Crippen LogP contribution is -2.46. The molecule has 5 heteroatoms. The van der Waals surface area contributed by atoms with Gasteiger partial charge in [0, 0.05) is 51.5 Å². The largest absolute Gasteiger partial charge is 0.378 e. The number of rotatable bonds is 2. The molecule has 1 N–H and O–H groups in total. The van der Waals surface area contributed by atoms with Crippen molar-refractivity contribution in [1.82, 2.24) is 10.2 Å². The summed E-state index contributed by atoms with van der Waals surface area (Å²) in [5.74, 6) is 0.136. The molecule has 0 aliphatic carbocycles. The lowest BCUT2D eigenvalue weighted by Gasteiger charge is -2.27. The maximum absolute atomic E-state index is 12.2. The smallest absolute Gasteiger partial charge is 0.253 e. The molecular weight excluding hydrogens is 250 g/mol. The third kappa shape index (κ3) is 3.37. The van der Waals surface area contributed by atoms with Crippen molar-refractivity contribution in [3.8, 4) is 0 Å². The number of nitrogens with one attached hydrogen (secondary N) is 1. The van der Waals surface area contributed by atoms with E-state index in [2.05, 4.69) is 5.32 Å². The second-order valence-corrected chi connectivity index (χ2v) is 4.48. The number of hydrogen-bond donors (Lipinski definition) is 1. The lowest BCUT2D eigenvalue weighted by atomic mass is 10.1. The van der Waals surface area contributed by atoms with Crippen LogP contribution in [0.25, 0.3) is 0 Å². The van der Waals surface area contributed by atoms with Crippen LogP contribution in [-0.4, -0.2) is 51.1 Å². The van der Waals surface area contributed by atoms with Crippen LogP contribution in [0, 0.1) is 0 Å². The Labute approximate surface area is 114 Å². The molecule has 0 spiro atoms. The van der Waals surface area contributed by atoms with Gasteiger partial charge in [0.1, 0.15) is 0 Å². The minimum atomic E-state index is 0. The van der Waals surface area contributed by atoms with Gasteiger partial charge in [0.25, 0.3) is 5.91 Å². The van der Waals surface area contributed by atoms with E-state index in [4.69, 9.17) is 0 Å². The number of piperazine rings is 1. The number of hydrogen-bond acceptors (Lipinski definition) is 3. The van der Waals surface area contributed by atoms with Crippen LogP contribution in [0.3, 0.4) is 0 Å². The van der Waals surface area contributed by atoms with Gasteiger partial charge in [-0.05, 0) is 24.3 Å². The summed E-state index contributed by atoms with van der Waals surface area (Å²) in [5, 5.41) is 3.24. The topological polar surface area (TPSA) is 35.6 Å². The van der Waals surface area contributed by atoms with Gasteiger partial charge in [-0.1, -0.05) is 0 Å². The van der Waals surface area contributed by atoms with Gasteiger partial charge in [-0.2, -0.15) is 0 Å². The van der Waals surface area contributed by atoms with Gasteiger partial charge in [0.15, 0.2) is 0 Å². The molecule has 1 amide bonds. The molecule has 1 aromatic carbocycles. The maximum atomic E-state index is 12.2. The van der Waals surface area contributed by atoms with Crippen molar-refractivity contribution in [2.45, 2.75) is 0 Å². The minimum absolute atomic E-state index is 0. The highest BCUT2D eigenvalue weighted by atomic mass is 35.5. The van der Waals surface area contributed by atoms with Crippen molar-refractivity contribution >= 4 is 24.0 Å². The van der Waals surface area contributed by atoms with E-state index in [1.54, 1.807) is 0 Å². The SMILES string of the molecule is CN(C)c1ccc(C(=O)N2CCNCC2)cc1.Cl. The van der Waals surface area contributed by atoms with E-state index in [1.165, 1.54) is 0 Å². The van der Waals surface area contributed by atoms with Crippen molar-refractivity contribution in [3.05, 3.63) is 29.8 Å². The summed E-state index contributed by atoms with van der Waals surface area (Å²) in [5.41, 5.74) is 1.89. The summed E-state index contributed by atoms with van der Waals surface area (Å²) in [6, 6.07) is 7.77. The van der Waals surface area contributed by atoms with Crippen LogP contribution in [0.5, 0.6) is 0 Å². The van der Waals surface area contributed by atoms with Crippen molar-refractivity contribution in [1.29, 1.82) is 0 Å². The van der Waals surface area contributed by atoms with E-state index in [0.717, 1.165) is 37.4 Å². The summed E-state index contributed by atoms with van der Waals surface area (Å²) in [7, 11) is 3.99. The predicted octanol–water partition coefficient (Wildman–Crippen LogP) is 1.22. The van der Waals surface area contributed by atoms with Gasteiger partial charge in [-0.15, -0.1) is 12.4 Å². The van der Waals surface area contributed by atoms with Gasteiger partial charge >= 0.3 is 0 Å². The second kappa shape index (κ2) is 6.61. The van der Waals surface area contributed by atoms with E-state index < -0.39 is 0 Å². The molecule has 0 aromatic heterocycles. The molecule has 2 rings (SSSR count). The number of benzene rings is 1. The first-order valence-corrected chi connectivity index (χ1v) is 5.96. The summed E-state index contributed by atoms with van der Waals surface area (Å²) >= 11 is 0. The van der Waals surface area contributed by atoms with Crippen LogP contribution in [-0.2, 0) is 0 Å². The molecule has 1 fully saturated rings. The number of halogens is 1. The summed E-state index contributed by atoms with van der Waals surface area (Å²) < 4.78 is 0. The van der Waals surface area contributed by atoms with Crippen molar-refractivity contribution in [2.75, 3.05) is 45.2 Å². The highest BCUT2D eigenvalue weighted by Crippen LogP contribution is 2.14. The first-order valence-electron chi connectivity index (χ1n) is 5.96. The number of carbonyl (C=O) groups excluding carboxylic acids is 1. The maximum Gasteiger partial charge on any atom is 0.253 e. The Morgan fingerprint density at radius 2 is 1.72 bits per heavy atom. The van der Waals surface area contributed by atoms with Crippen molar-refractivity contribution in [2.24, 2.45) is 0 Å². The van der Waals surface area contributed by atoms with Crippen LogP contribution in [0.2, 0.25) is 0 Å². The Morgan fingerprint density at radius 3 is 2.22 bits per heavy atom. The van der Waals surface area contributed by atoms with Crippen LogP contribution < -0.4 is 10.2 Å². The third-order valence-electron chi connectivity index (χ3n) is 3.03. The quantitative estimate of drug-likeness (QED) is 0.877. The summed E-state index contributed by atoms with van der Waals surface area (Å²) in [6.07, 6.45) is 0. The van der Waals surface area contributed by atoms with Crippen LogP contribution >= 0.6 is 12.4 Å². The Balaban J connectivity index is 0.00000162. The molecule has 0 radical (unpaired) electrons.